The zero-order chi connectivity index (χ0) is 27.0. The molecular formula is C26H29ClN2O7S. The van der Waals surface area contributed by atoms with Crippen molar-refractivity contribution in [3.05, 3.63) is 76.8 Å². The van der Waals surface area contributed by atoms with Crippen LogP contribution in [0.25, 0.3) is 0 Å². The summed E-state index contributed by atoms with van der Waals surface area (Å²) in [4.78, 5) is 12.5. The van der Waals surface area contributed by atoms with Crippen LogP contribution in [0.1, 0.15) is 15.9 Å². The summed E-state index contributed by atoms with van der Waals surface area (Å²) in [7, 11) is 0.761. The van der Waals surface area contributed by atoms with Crippen molar-refractivity contribution in [1.82, 2.24) is 5.32 Å². The summed E-state index contributed by atoms with van der Waals surface area (Å²) in [5, 5.41) is 3.09. The number of rotatable bonds is 12. The van der Waals surface area contributed by atoms with Gasteiger partial charge in [-0.25, -0.2) is 8.42 Å². The predicted octanol–water partition coefficient (Wildman–Crippen LogP) is 4.14. The lowest BCUT2D eigenvalue weighted by Gasteiger charge is -2.25. The van der Waals surface area contributed by atoms with Crippen molar-refractivity contribution in [2.45, 2.75) is 6.54 Å². The fraction of sp³-hybridized carbons (Fsp3) is 0.269. The number of anilines is 1. The Balaban J connectivity index is 1.65. The smallest absolute Gasteiger partial charge is 0.251 e. The first kappa shape index (κ1) is 27.9. The summed E-state index contributed by atoms with van der Waals surface area (Å²) in [5.74, 6) is 1.73. The van der Waals surface area contributed by atoms with Crippen molar-refractivity contribution in [3.63, 3.8) is 0 Å². The third-order valence-electron chi connectivity index (χ3n) is 5.38. The number of nitrogens with one attached hydrogen (secondary N) is 1. The molecule has 0 fully saturated rings. The molecule has 0 bridgehead atoms. The first-order valence-corrected chi connectivity index (χ1v) is 13.4. The normalized spacial score (nSPS) is 10.9. The van der Waals surface area contributed by atoms with Crippen LogP contribution in [-0.4, -0.2) is 55.1 Å². The maximum absolute atomic E-state index is 12.7. The number of hydrogen-bond donors (Lipinski definition) is 1. The SMILES string of the molecule is COc1ccc(OCCNC(=O)c2ccc(CN(c3cc(OC)c(Cl)cc3OC)S(C)(=O)=O)cc2)cc1. The molecule has 0 saturated heterocycles. The molecule has 0 aliphatic heterocycles. The third-order valence-corrected chi connectivity index (χ3v) is 6.80. The minimum Gasteiger partial charge on any atom is -0.497 e. The molecule has 3 aromatic carbocycles. The fourth-order valence-electron chi connectivity index (χ4n) is 3.46. The molecular weight excluding hydrogens is 520 g/mol. The van der Waals surface area contributed by atoms with Gasteiger partial charge in [-0.15, -0.1) is 0 Å². The minimum absolute atomic E-state index is 0.0115. The Hall–Kier alpha value is -3.63. The zero-order valence-electron chi connectivity index (χ0n) is 21.0. The van der Waals surface area contributed by atoms with Crippen LogP contribution < -0.4 is 28.6 Å². The maximum atomic E-state index is 12.7. The first-order chi connectivity index (χ1) is 17.7. The molecule has 1 amide bonds. The second kappa shape index (κ2) is 12.6. The molecule has 0 aliphatic rings. The van der Waals surface area contributed by atoms with Gasteiger partial charge in [0.15, 0.2) is 0 Å². The van der Waals surface area contributed by atoms with Gasteiger partial charge in [0.25, 0.3) is 5.91 Å². The van der Waals surface area contributed by atoms with Crippen LogP contribution in [0.3, 0.4) is 0 Å². The lowest BCUT2D eigenvalue weighted by molar-refractivity contribution is 0.0947. The number of sulfonamides is 1. The average Bonchev–Trinajstić information content (AvgIpc) is 2.89. The van der Waals surface area contributed by atoms with E-state index in [-0.39, 0.29) is 23.9 Å². The van der Waals surface area contributed by atoms with Gasteiger partial charge in [-0.2, -0.15) is 0 Å². The number of amides is 1. The lowest BCUT2D eigenvalue weighted by atomic mass is 10.1. The fourth-order valence-corrected chi connectivity index (χ4v) is 4.57. The molecule has 0 radical (unpaired) electrons. The average molecular weight is 549 g/mol. The molecule has 0 unspecified atom stereocenters. The van der Waals surface area contributed by atoms with Gasteiger partial charge in [-0.05, 0) is 42.0 Å². The van der Waals surface area contributed by atoms with Crippen molar-refractivity contribution in [2.24, 2.45) is 0 Å². The van der Waals surface area contributed by atoms with Gasteiger partial charge in [-0.3, -0.25) is 9.10 Å². The Labute approximate surface area is 221 Å². The molecule has 11 heteroatoms. The topological polar surface area (TPSA) is 103 Å². The molecule has 3 aromatic rings. The molecule has 0 aliphatic carbocycles. The molecule has 0 aromatic heterocycles. The number of nitrogens with zero attached hydrogens (tertiary/aromatic N) is 1. The van der Waals surface area contributed by atoms with E-state index in [2.05, 4.69) is 5.32 Å². The highest BCUT2D eigenvalue weighted by atomic mass is 35.5. The highest BCUT2D eigenvalue weighted by molar-refractivity contribution is 7.92. The van der Waals surface area contributed by atoms with Gasteiger partial charge >= 0.3 is 0 Å². The number of methoxy groups -OCH3 is 3. The van der Waals surface area contributed by atoms with Crippen LogP contribution in [0.5, 0.6) is 23.0 Å². The van der Waals surface area contributed by atoms with Crippen LogP contribution in [0, 0.1) is 0 Å². The summed E-state index contributed by atoms with van der Waals surface area (Å²) >= 11 is 6.17. The van der Waals surface area contributed by atoms with E-state index in [0.29, 0.717) is 40.8 Å². The Kier molecular flexibility index (Phi) is 9.48. The molecule has 0 saturated carbocycles. The van der Waals surface area contributed by atoms with E-state index in [1.807, 2.05) is 0 Å². The third kappa shape index (κ3) is 7.43. The second-order valence-corrected chi connectivity index (χ2v) is 10.2. The van der Waals surface area contributed by atoms with E-state index in [1.165, 1.54) is 30.7 Å². The second-order valence-electron chi connectivity index (χ2n) is 7.91. The van der Waals surface area contributed by atoms with Gasteiger partial charge in [0.1, 0.15) is 29.6 Å². The van der Waals surface area contributed by atoms with Gasteiger partial charge in [0.2, 0.25) is 10.0 Å². The predicted molar refractivity (Wildman–Crippen MR) is 143 cm³/mol. The maximum Gasteiger partial charge on any atom is 0.251 e. The number of halogens is 1. The number of carbonyl (C=O) groups is 1. The van der Waals surface area contributed by atoms with Crippen LogP contribution in [0.2, 0.25) is 5.02 Å². The number of benzene rings is 3. The van der Waals surface area contributed by atoms with Gasteiger partial charge in [0, 0.05) is 17.7 Å². The molecule has 0 atom stereocenters. The molecule has 0 spiro atoms. The van der Waals surface area contributed by atoms with Crippen molar-refractivity contribution in [2.75, 3.05) is 45.0 Å². The van der Waals surface area contributed by atoms with E-state index < -0.39 is 10.0 Å². The summed E-state index contributed by atoms with van der Waals surface area (Å²) in [6.07, 6.45) is 1.10. The Morgan fingerprint density at radius 3 is 2.08 bits per heavy atom. The van der Waals surface area contributed by atoms with Crippen LogP contribution >= 0.6 is 11.6 Å². The van der Waals surface area contributed by atoms with Crippen molar-refractivity contribution in [3.8, 4) is 23.0 Å². The van der Waals surface area contributed by atoms with Crippen molar-refractivity contribution in [1.29, 1.82) is 0 Å². The summed E-state index contributed by atoms with van der Waals surface area (Å²) in [6.45, 7) is 0.621. The van der Waals surface area contributed by atoms with Gasteiger partial charge < -0.3 is 24.3 Å². The lowest BCUT2D eigenvalue weighted by Crippen LogP contribution is -2.30. The van der Waals surface area contributed by atoms with Crippen molar-refractivity contribution >= 4 is 33.2 Å². The molecule has 3 rings (SSSR count). The van der Waals surface area contributed by atoms with Gasteiger partial charge in [-0.1, -0.05) is 23.7 Å². The number of carbonyl (C=O) groups excluding carboxylic acids is 1. The standard InChI is InChI=1S/C26H29ClN2O7S/c1-33-20-9-11-21(12-10-20)36-14-13-28-26(30)19-7-5-18(6-8-19)17-29(37(4,31)32)23-16-24(34-2)22(27)15-25(23)35-3/h5-12,15-16H,13-14,17H2,1-4H3,(H,28,30). The van der Waals surface area contributed by atoms with Crippen LogP contribution in [0.4, 0.5) is 5.69 Å². The number of ether oxygens (including phenoxy) is 4. The quantitative estimate of drug-likeness (QED) is 0.339. The zero-order valence-corrected chi connectivity index (χ0v) is 22.6. The molecule has 198 valence electrons. The molecule has 0 heterocycles. The largest absolute Gasteiger partial charge is 0.497 e. The van der Waals surface area contributed by atoms with Gasteiger partial charge in [0.05, 0.1) is 51.4 Å². The van der Waals surface area contributed by atoms with Crippen LogP contribution in [0.15, 0.2) is 60.7 Å². The Morgan fingerprint density at radius 2 is 1.51 bits per heavy atom. The molecule has 1 N–H and O–H groups in total. The monoisotopic (exact) mass is 548 g/mol. The van der Waals surface area contributed by atoms with E-state index >= 15 is 0 Å². The van der Waals surface area contributed by atoms with E-state index in [4.69, 9.17) is 30.5 Å². The van der Waals surface area contributed by atoms with E-state index in [9.17, 15) is 13.2 Å². The molecule has 37 heavy (non-hydrogen) atoms. The van der Waals surface area contributed by atoms with E-state index in [0.717, 1.165) is 12.0 Å². The summed E-state index contributed by atoms with van der Waals surface area (Å²) < 4.78 is 47.8. The summed E-state index contributed by atoms with van der Waals surface area (Å²) in [6, 6.07) is 16.8. The summed E-state index contributed by atoms with van der Waals surface area (Å²) in [5.41, 5.74) is 1.38. The highest BCUT2D eigenvalue weighted by Crippen LogP contribution is 2.39. The Morgan fingerprint density at radius 1 is 0.892 bits per heavy atom. The number of hydrogen-bond acceptors (Lipinski definition) is 7. The molecule has 9 nitrogen and oxygen atoms in total. The van der Waals surface area contributed by atoms with Crippen LogP contribution in [-0.2, 0) is 16.6 Å². The minimum atomic E-state index is -3.70. The highest BCUT2D eigenvalue weighted by Gasteiger charge is 2.24. The van der Waals surface area contributed by atoms with Crippen molar-refractivity contribution < 1.29 is 32.2 Å². The Bertz CT molecular complexity index is 1310. The first-order valence-electron chi connectivity index (χ1n) is 11.2. The van der Waals surface area contributed by atoms with E-state index in [1.54, 1.807) is 55.6 Å².